The molecule has 2 aliphatic heterocycles. The average molecular weight is 384 g/mol. The van der Waals surface area contributed by atoms with Gasteiger partial charge in [-0.3, -0.25) is 24.0 Å². The molecule has 7 aliphatic rings. The minimum atomic E-state index is -0.554. The number of rotatable bonds is 0. The first-order chi connectivity index (χ1) is 13.4. The van der Waals surface area contributed by atoms with Crippen LogP contribution in [0.15, 0.2) is 0 Å². The summed E-state index contributed by atoms with van der Waals surface area (Å²) in [5.74, 6) is -3.28. The standard InChI is InChI=1S/C21H20O7/c22-15-11-7-3-9(13(11)17(24)27-15)20(5-7)1-2-21(19(20)26)6-8-4-10(21)14-12(8)16(23)28-18(14)25/h7-14H,1-6H2/t7-,8-,9-,10?,11-,12?,13+,14?,20-,21+/m0/s1. The molecule has 0 N–H and O–H groups in total. The largest absolute Gasteiger partial charge is 0.393 e. The van der Waals surface area contributed by atoms with Gasteiger partial charge in [-0.25, -0.2) is 0 Å². The summed E-state index contributed by atoms with van der Waals surface area (Å²) in [4.78, 5) is 62.8. The highest BCUT2D eigenvalue weighted by molar-refractivity contribution is 6.02. The Morgan fingerprint density at radius 3 is 1.43 bits per heavy atom. The Balaban J connectivity index is 1.27. The molecule has 7 heteroatoms. The van der Waals surface area contributed by atoms with Crippen LogP contribution in [0.3, 0.4) is 0 Å². The summed E-state index contributed by atoms with van der Waals surface area (Å²) in [6.45, 7) is 0. The lowest BCUT2D eigenvalue weighted by molar-refractivity contribution is -0.156. The zero-order chi connectivity index (χ0) is 19.2. The summed E-state index contributed by atoms with van der Waals surface area (Å²) >= 11 is 0. The summed E-state index contributed by atoms with van der Waals surface area (Å²) in [5, 5.41) is 0. The lowest BCUT2D eigenvalue weighted by Crippen LogP contribution is -2.48. The Kier molecular flexibility index (Phi) is 2.49. The van der Waals surface area contributed by atoms with Crippen LogP contribution in [0.2, 0.25) is 0 Å². The Morgan fingerprint density at radius 2 is 1.00 bits per heavy atom. The van der Waals surface area contributed by atoms with Crippen LogP contribution < -0.4 is 0 Å². The van der Waals surface area contributed by atoms with E-state index in [0.717, 1.165) is 25.7 Å². The molecule has 28 heavy (non-hydrogen) atoms. The van der Waals surface area contributed by atoms with Crippen molar-refractivity contribution >= 4 is 29.7 Å². The van der Waals surface area contributed by atoms with Crippen LogP contribution in [-0.4, -0.2) is 29.7 Å². The number of Topliss-reactive ketones (excluding diaryl/α,β-unsaturated/α-hetero) is 1. The van der Waals surface area contributed by atoms with Crippen molar-refractivity contribution in [3.8, 4) is 0 Å². The van der Waals surface area contributed by atoms with E-state index < -0.39 is 46.5 Å². The molecule has 7 fully saturated rings. The minimum absolute atomic E-state index is 0.0532. The Hall–Kier alpha value is -2.05. The topological polar surface area (TPSA) is 104 Å². The number of ether oxygens (including phenoxy) is 2. The third-order valence-electron chi connectivity index (χ3n) is 9.85. The summed E-state index contributed by atoms with van der Waals surface area (Å²) < 4.78 is 9.82. The van der Waals surface area contributed by atoms with Gasteiger partial charge >= 0.3 is 23.9 Å². The molecule has 146 valence electrons. The van der Waals surface area contributed by atoms with Crippen molar-refractivity contribution in [2.45, 2.75) is 38.5 Å². The van der Waals surface area contributed by atoms with Gasteiger partial charge in [0.2, 0.25) is 0 Å². The zero-order valence-corrected chi connectivity index (χ0v) is 15.2. The van der Waals surface area contributed by atoms with Gasteiger partial charge in [0.25, 0.3) is 0 Å². The molecule has 0 aromatic rings. The lowest BCUT2D eigenvalue weighted by Gasteiger charge is -2.41. The molecule has 2 spiro atoms. The predicted octanol–water partition coefficient (Wildman–Crippen LogP) is 1.03. The maximum absolute atomic E-state index is 14.0. The molecule has 5 aliphatic carbocycles. The molecule has 4 bridgehead atoms. The van der Waals surface area contributed by atoms with Crippen molar-refractivity contribution in [2.75, 3.05) is 0 Å². The van der Waals surface area contributed by atoms with Crippen LogP contribution in [0.4, 0.5) is 0 Å². The lowest BCUT2D eigenvalue weighted by atomic mass is 9.58. The number of carbonyl (C=O) groups excluding carboxylic acids is 5. The fraction of sp³-hybridized carbons (Fsp3) is 0.762. The Bertz CT molecular complexity index is 850. The maximum Gasteiger partial charge on any atom is 0.317 e. The summed E-state index contributed by atoms with van der Waals surface area (Å²) in [5.41, 5.74) is -1.11. The second kappa shape index (κ2) is 4.41. The molecular formula is C21H20O7. The smallest absolute Gasteiger partial charge is 0.317 e. The van der Waals surface area contributed by atoms with E-state index in [4.69, 9.17) is 9.47 Å². The average Bonchev–Trinajstić information content (AvgIpc) is 3.46. The molecule has 0 aromatic carbocycles. The molecule has 0 radical (unpaired) electrons. The van der Waals surface area contributed by atoms with Crippen LogP contribution in [0.25, 0.3) is 0 Å². The number of carbonyl (C=O) groups is 5. The van der Waals surface area contributed by atoms with E-state index >= 15 is 0 Å². The highest BCUT2D eigenvalue weighted by Crippen LogP contribution is 2.75. The number of hydrogen-bond acceptors (Lipinski definition) is 7. The van der Waals surface area contributed by atoms with Gasteiger partial charge in [0, 0.05) is 10.8 Å². The number of fused-ring (bicyclic) bond motifs is 12. The van der Waals surface area contributed by atoms with E-state index in [1.165, 1.54) is 0 Å². The van der Waals surface area contributed by atoms with Gasteiger partial charge in [0.1, 0.15) is 5.78 Å². The Morgan fingerprint density at radius 1 is 0.607 bits per heavy atom. The summed E-state index contributed by atoms with van der Waals surface area (Å²) in [7, 11) is 0. The predicted molar refractivity (Wildman–Crippen MR) is 87.7 cm³/mol. The second-order valence-corrected chi connectivity index (χ2v) is 10.3. The SMILES string of the molecule is O=C1OC(=O)C2C1C1C[C@H]2C[C@]12CC[C@@]1(C[C@@H]3C[C@H]1[C@H]1C(=O)OC(=O)[C@@H]31)C2=O. The second-order valence-electron chi connectivity index (χ2n) is 10.3. The maximum atomic E-state index is 14.0. The monoisotopic (exact) mass is 384 g/mol. The van der Waals surface area contributed by atoms with Gasteiger partial charge in [0.15, 0.2) is 0 Å². The van der Waals surface area contributed by atoms with Crippen LogP contribution in [-0.2, 0) is 33.4 Å². The van der Waals surface area contributed by atoms with Crippen molar-refractivity contribution in [1.82, 2.24) is 0 Å². The number of ketones is 1. The van der Waals surface area contributed by atoms with Crippen molar-refractivity contribution in [1.29, 1.82) is 0 Å². The quantitative estimate of drug-likeness (QED) is 0.454. The molecule has 10 atom stereocenters. The third kappa shape index (κ3) is 1.40. The van der Waals surface area contributed by atoms with E-state index in [1.807, 2.05) is 0 Å². The van der Waals surface area contributed by atoms with E-state index in [-0.39, 0.29) is 41.3 Å². The molecule has 0 aromatic heterocycles. The normalized spacial score (nSPS) is 57.6. The first-order valence-corrected chi connectivity index (χ1v) is 10.4. The van der Waals surface area contributed by atoms with Crippen molar-refractivity contribution in [2.24, 2.45) is 58.2 Å². The number of cyclic esters (lactones) is 4. The first-order valence-electron chi connectivity index (χ1n) is 10.4. The van der Waals surface area contributed by atoms with E-state index in [1.54, 1.807) is 0 Å². The molecular weight excluding hydrogens is 364 g/mol. The van der Waals surface area contributed by atoms with Crippen molar-refractivity contribution < 1.29 is 33.4 Å². The van der Waals surface area contributed by atoms with Gasteiger partial charge in [0.05, 0.1) is 23.7 Å². The van der Waals surface area contributed by atoms with Gasteiger partial charge in [-0.2, -0.15) is 0 Å². The van der Waals surface area contributed by atoms with Gasteiger partial charge in [-0.1, -0.05) is 0 Å². The Labute approximate surface area is 160 Å². The van der Waals surface area contributed by atoms with Gasteiger partial charge < -0.3 is 9.47 Å². The highest BCUT2D eigenvalue weighted by Gasteiger charge is 2.78. The van der Waals surface area contributed by atoms with Gasteiger partial charge in [-0.15, -0.1) is 0 Å². The summed E-state index contributed by atoms with van der Waals surface area (Å²) in [6, 6.07) is 0. The fourth-order valence-electron chi connectivity index (χ4n) is 9.16. The molecule has 0 amide bonds. The van der Waals surface area contributed by atoms with Crippen molar-refractivity contribution in [3.63, 3.8) is 0 Å². The van der Waals surface area contributed by atoms with E-state index in [2.05, 4.69) is 0 Å². The van der Waals surface area contributed by atoms with Crippen LogP contribution >= 0.6 is 0 Å². The molecule has 3 unspecified atom stereocenters. The minimum Gasteiger partial charge on any atom is -0.393 e. The molecule has 7 rings (SSSR count). The number of hydrogen-bond donors (Lipinski definition) is 0. The summed E-state index contributed by atoms with van der Waals surface area (Å²) in [6.07, 6.45) is 4.27. The third-order valence-corrected chi connectivity index (χ3v) is 9.85. The number of esters is 4. The molecule has 2 saturated heterocycles. The molecule has 5 saturated carbocycles. The van der Waals surface area contributed by atoms with Gasteiger partial charge in [-0.05, 0) is 62.2 Å². The van der Waals surface area contributed by atoms with Crippen molar-refractivity contribution in [3.05, 3.63) is 0 Å². The van der Waals surface area contributed by atoms with E-state index in [0.29, 0.717) is 12.8 Å². The molecule has 2 heterocycles. The van der Waals surface area contributed by atoms with E-state index in [9.17, 15) is 24.0 Å². The van der Waals surface area contributed by atoms with Crippen LogP contribution in [0.5, 0.6) is 0 Å². The van der Waals surface area contributed by atoms with Crippen LogP contribution in [0, 0.1) is 58.2 Å². The highest BCUT2D eigenvalue weighted by atomic mass is 16.6. The zero-order valence-electron chi connectivity index (χ0n) is 15.2. The first kappa shape index (κ1) is 15.8. The fourth-order valence-corrected chi connectivity index (χ4v) is 9.16. The molecule has 7 nitrogen and oxygen atoms in total. The van der Waals surface area contributed by atoms with Crippen LogP contribution in [0.1, 0.15) is 38.5 Å².